The third-order valence-corrected chi connectivity index (χ3v) is 2.95. The van der Waals surface area contributed by atoms with Gasteiger partial charge in [0.2, 0.25) is 0 Å². The van der Waals surface area contributed by atoms with Crippen LogP contribution in [0, 0.1) is 0 Å². The van der Waals surface area contributed by atoms with Gasteiger partial charge in [-0.2, -0.15) is 0 Å². The van der Waals surface area contributed by atoms with Crippen molar-refractivity contribution in [3.63, 3.8) is 0 Å². The van der Waals surface area contributed by atoms with Crippen LogP contribution >= 0.6 is 0 Å². The van der Waals surface area contributed by atoms with Crippen LogP contribution in [0.3, 0.4) is 0 Å². The number of hydrogen-bond acceptors (Lipinski definition) is 7. The maximum Gasteiger partial charge on any atom is 0.323 e. The van der Waals surface area contributed by atoms with E-state index < -0.39 is 49.1 Å². The summed E-state index contributed by atoms with van der Waals surface area (Å²) >= 11 is 0. The van der Waals surface area contributed by atoms with E-state index in [0.717, 1.165) is 0 Å². The lowest BCUT2D eigenvalue weighted by Gasteiger charge is -2.38. The fraction of sp³-hybridized carbons (Fsp3) is 0.900. The maximum absolute atomic E-state index is 10.6. The van der Waals surface area contributed by atoms with Crippen LogP contribution in [0.5, 0.6) is 0 Å². The van der Waals surface area contributed by atoms with E-state index in [-0.39, 0.29) is 6.61 Å². The zero-order valence-corrected chi connectivity index (χ0v) is 9.97. The molecule has 1 fully saturated rings. The van der Waals surface area contributed by atoms with E-state index in [4.69, 9.17) is 25.4 Å². The summed E-state index contributed by atoms with van der Waals surface area (Å²) in [7, 11) is 0. The number of ether oxygens (including phenoxy) is 2. The van der Waals surface area contributed by atoms with Crippen molar-refractivity contribution in [3.05, 3.63) is 0 Å². The zero-order chi connectivity index (χ0) is 13.9. The first-order chi connectivity index (χ1) is 8.38. The summed E-state index contributed by atoms with van der Waals surface area (Å²) in [5, 5.41) is 36.9. The van der Waals surface area contributed by atoms with Crippen LogP contribution in [0.15, 0.2) is 0 Å². The minimum absolute atomic E-state index is 0.0554. The number of hydrogen-bond donors (Lipinski definition) is 5. The van der Waals surface area contributed by atoms with E-state index in [1.54, 1.807) is 0 Å². The SMILES string of the molecule is C[C@@H](O[C@H]1CO[C@H](CO)[C@H](O)[C@@H]1O)[C@H](N)C(=O)O. The second kappa shape index (κ2) is 6.41. The molecule has 0 saturated carbocycles. The molecule has 0 aromatic heterocycles. The standard InChI is InChI=1S/C10H19NO7/c1-4(7(11)10(15)16)18-6-3-17-5(2-12)8(13)9(6)14/h4-9,12-14H,2-3,11H2,1H3,(H,15,16)/t4-,5-,6+,7+,8+,9-/m1/s1. The van der Waals surface area contributed by atoms with Gasteiger partial charge in [-0.3, -0.25) is 4.79 Å². The summed E-state index contributed by atoms with van der Waals surface area (Å²) < 4.78 is 10.4. The fourth-order valence-electron chi connectivity index (χ4n) is 1.70. The van der Waals surface area contributed by atoms with Crippen LogP contribution in [0.4, 0.5) is 0 Å². The van der Waals surface area contributed by atoms with Gasteiger partial charge in [0, 0.05) is 0 Å². The van der Waals surface area contributed by atoms with Gasteiger partial charge in [0.1, 0.15) is 30.5 Å². The van der Waals surface area contributed by atoms with Crippen molar-refractivity contribution in [1.82, 2.24) is 0 Å². The van der Waals surface area contributed by atoms with Gasteiger partial charge in [-0.25, -0.2) is 0 Å². The lowest BCUT2D eigenvalue weighted by Crippen LogP contribution is -2.57. The lowest BCUT2D eigenvalue weighted by molar-refractivity contribution is -0.219. The Labute approximate surface area is 104 Å². The van der Waals surface area contributed by atoms with Crippen molar-refractivity contribution in [3.8, 4) is 0 Å². The molecule has 106 valence electrons. The molecule has 0 radical (unpaired) electrons. The van der Waals surface area contributed by atoms with E-state index in [1.165, 1.54) is 6.92 Å². The Morgan fingerprint density at radius 3 is 2.61 bits per heavy atom. The summed E-state index contributed by atoms with van der Waals surface area (Å²) in [5.41, 5.74) is 5.36. The molecule has 1 heterocycles. The summed E-state index contributed by atoms with van der Waals surface area (Å²) in [6, 6.07) is -1.23. The molecule has 0 aromatic carbocycles. The van der Waals surface area contributed by atoms with E-state index in [0.29, 0.717) is 0 Å². The third kappa shape index (κ3) is 3.37. The van der Waals surface area contributed by atoms with Crippen LogP contribution in [-0.4, -0.2) is 76.2 Å². The van der Waals surface area contributed by atoms with E-state index in [1.807, 2.05) is 0 Å². The minimum Gasteiger partial charge on any atom is -0.480 e. The van der Waals surface area contributed by atoms with Gasteiger partial charge in [0.25, 0.3) is 0 Å². The lowest BCUT2D eigenvalue weighted by atomic mass is 10.00. The molecule has 0 bridgehead atoms. The highest BCUT2D eigenvalue weighted by Gasteiger charge is 2.40. The zero-order valence-electron chi connectivity index (χ0n) is 9.97. The number of carboxylic acids is 1. The van der Waals surface area contributed by atoms with Crippen molar-refractivity contribution in [1.29, 1.82) is 0 Å². The third-order valence-electron chi connectivity index (χ3n) is 2.95. The molecule has 18 heavy (non-hydrogen) atoms. The molecule has 6 N–H and O–H groups in total. The molecule has 1 aliphatic heterocycles. The highest BCUT2D eigenvalue weighted by Crippen LogP contribution is 2.19. The number of aliphatic hydroxyl groups is 3. The quantitative estimate of drug-likeness (QED) is 0.361. The van der Waals surface area contributed by atoms with Gasteiger partial charge in [0.15, 0.2) is 0 Å². The number of aliphatic carboxylic acids is 1. The fourth-order valence-corrected chi connectivity index (χ4v) is 1.70. The molecule has 0 amide bonds. The number of carbonyl (C=O) groups is 1. The predicted molar refractivity (Wildman–Crippen MR) is 58.8 cm³/mol. The predicted octanol–water partition coefficient (Wildman–Crippen LogP) is -2.72. The molecule has 1 saturated heterocycles. The molecule has 1 rings (SSSR count). The molecule has 0 aliphatic carbocycles. The number of nitrogens with two attached hydrogens (primary N) is 1. The number of aliphatic hydroxyl groups excluding tert-OH is 3. The molecule has 8 heteroatoms. The topological polar surface area (TPSA) is 142 Å². The smallest absolute Gasteiger partial charge is 0.323 e. The second-order valence-electron chi connectivity index (χ2n) is 4.28. The Morgan fingerprint density at radius 1 is 1.50 bits per heavy atom. The first-order valence-corrected chi connectivity index (χ1v) is 5.61. The van der Waals surface area contributed by atoms with Gasteiger partial charge < -0.3 is 35.6 Å². The Hall–Kier alpha value is -0.770. The Kier molecular flexibility index (Phi) is 5.45. The summed E-state index contributed by atoms with van der Waals surface area (Å²) in [4.78, 5) is 10.6. The molecule has 0 unspecified atom stereocenters. The van der Waals surface area contributed by atoms with Crippen LogP contribution in [0.1, 0.15) is 6.92 Å². The largest absolute Gasteiger partial charge is 0.480 e. The average molecular weight is 265 g/mol. The van der Waals surface area contributed by atoms with Crippen molar-refractivity contribution in [2.24, 2.45) is 5.73 Å². The Bertz CT molecular complexity index is 287. The Balaban J connectivity index is 2.56. The molecular formula is C10H19NO7. The molecule has 1 aliphatic rings. The molecule has 0 spiro atoms. The van der Waals surface area contributed by atoms with Crippen LogP contribution in [0.2, 0.25) is 0 Å². The van der Waals surface area contributed by atoms with Crippen molar-refractivity contribution < 1.29 is 34.7 Å². The first-order valence-electron chi connectivity index (χ1n) is 5.61. The second-order valence-corrected chi connectivity index (χ2v) is 4.28. The van der Waals surface area contributed by atoms with E-state index in [2.05, 4.69) is 0 Å². The Morgan fingerprint density at radius 2 is 2.11 bits per heavy atom. The van der Waals surface area contributed by atoms with Gasteiger partial charge in [-0.1, -0.05) is 0 Å². The van der Waals surface area contributed by atoms with Crippen molar-refractivity contribution in [2.75, 3.05) is 13.2 Å². The van der Waals surface area contributed by atoms with Gasteiger partial charge >= 0.3 is 5.97 Å². The summed E-state index contributed by atoms with van der Waals surface area (Å²) in [5.74, 6) is -1.22. The molecule has 0 aromatic rings. The van der Waals surface area contributed by atoms with Crippen LogP contribution < -0.4 is 5.73 Å². The van der Waals surface area contributed by atoms with Crippen LogP contribution in [0.25, 0.3) is 0 Å². The van der Waals surface area contributed by atoms with Crippen molar-refractivity contribution in [2.45, 2.75) is 43.5 Å². The summed E-state index contributed by atoms with van der Waals surface area (Å²) in [6.45, 7) is 0.977. The minimum atomic E-state index is -1.29. The number of rotatable bonds is 5. The number of carboxylic acid groups (broad SMARTS) is 1. The highest BCUT2D eigenvalue weighted by atomic mass is 16.6. The molecule has 8 nitrogen and oxygen atoms in total. The van der Waals surface area contributed by atoms with Crippen LogP contribution in [-0.2, 0) is 14.3 Å². The summed E-state index contributed by atoms with van der Waals surface area (Å²) in [6.07, 6.45) is -5.16. The molecule has 6 atom stereocenters. The van der Waals surface area contributed by atoms with E-state index in [9.17, 15) is 15.0 Å². The maximum atomic E-state index is 10.6. The highest BCUT2D eigenvalue weighted by molar-refractivity contribution is 5.73. The first kappa shape index (κ1) is 15.3. The van der Waals surface area contributed by atoms with Gasteiger partial charge in [-0.15, -0.1) is 0 Å². The molecular weight excluding hydrogens is 246 g/mol. The van der Waals surface area contributed by atoms with E-state index >= 15 is 0 Å². The van der Waals surface area contributed by atoms with Gasteiger partial charge in [0.05, 0.1) is 19.3 Å². The van der Waals surface area contributed by atoms with Crippen molar-refractivity contribution >= 4 is 5.97 Å². The normalized spacial score (nSPS) is 36.1. The monoisotopic (exact) mass is 265 g/mol. The average Bonchev–Trinajstić information content (AvgIpc) is 2.34. The van der Waals surface area contributed by atoms with Gasteiger partial charge in [-0.05, 0) is 6.92 Å².